The Morgan fingerprint density at radius 1 is 1.29 bits per heavy atom. The lowest BCUT2D eigenvalue weighted by atomic mass is 10.1. The summed E-state index contributed by atoms with van der Waals surface area (Å²) in [6.07, 6.45) is 3.02. The van der Waals surface area contributed by atoms with E-state index in [1.54, 1.807) is 24.4 Å². The normalized spacial score (nSPS) is 13.1. The van der Waals surface area contributed by atoms with Gasteiger partial charge in [-0.2, -0.15) is 4.40 Å². The molecule has 6 nitrogen and oxygen atoms in total. The number of ether oxygens (including phenoxy) is 1. The summed E-state index contributed by atoms with van der Waals surface area (Å²) in [5.41, 5.74) is 1.33. The fraction of sp³-hybridized carbons (Fsp3) is 0.250. The van der Waals surface area contributed by atoms with Crippen LogP contribution in [0.5, 0.6) is 5.75 Å². The molecule has 0 aliphatic carbocycles. The molecule has 0 amide bonds. The number of pyridine rings is 2. The smallest absolute Gasteiger partial charge is 0.257 e. The molecular formula is C20H20ClN3O3S. The highest BCUT2D eigenvalue weighted by Crippen LogP contribution is 2.29. The first-order valence-corrected chi connectivity index (χ1v) is 10.1. The third kappa shape index (κ3) is 4.85. The molecule has 3 rings (SSSR count). The molecule has 0 radical (unpaired) electrons. The number of rotatable bonds is 5. The summed E-state index contributed by atoms with van der Waals surface area (Å²) in [6, 6.07) is 10.6. The fourth-order valence-corrected chi connectivity index (χ4v) is 3.08. The van der Waals surface area contributed by atoms with Crippen LogP contribution in [-0.2, 0) is 17.6 Å². The first-order chi connectivity index (χ1) is 13.2. The minimum absolute atomic E-state index is 0.264. The lowest BCUT2D eigenvalue weighted by Gasteiger charge is -2.12. The van der Waals surface area contributed by atoms with Gasteiger partial charge in [-0.25, -0.2) is 4.21 Å². The Hall–Kier alpha value is -2.51. The molecule has 0 saturated carbocycles. The van der Waals surface area contributed by atoms with E-state index in [0.29, 0.717) is 21.9 Å². The van der Waals surface area contributed by atoms with Gasteiger partial charge < -0.3 is 9.72 Å². The third-order valence-corrected chi connectivity index (χ3v) is 5.48. The highest BCUT2D eigenvalue weighted by atomic mass is 35.5. The van der Waals surface area contributed by atoms with Gasteiger partial charge in [0.15, 0.2) is 0 Å². The summed E-state index contributed by atoms with van der Waals surface area (Å²) < 4.78 is 21.3. The maximum atomic E-state index is 12.3. The molecule has 1 N–H and O–H groups in total. The summed E-state index contributed by atoms with van der Waals surface area (Å²) >= 11 is 6.33. The van der Waals surface area contributed by atoms with Crippen LogP contribution in [0.25, 0.3) is 10.9 Å². The zero-order valence-corrected chi connectivity index (χ0v) is 17.3. The van der Waals surface area contributed by atoms with Crippen molar-refractivity contribution in [2.75, 3.05) is 0 Å². The molecule has 2 aromatic heterocycles. The van der Waals surface area contributed by atoms with Crippen LogP contribution in [0.15, 0.2) is 51.8 Å². The Bertz CT molecular complexity index is 1110. The Balaban J connectivity index is 1.88. The molecular weight excluding hydrogens is 398 g/mol. The predicted molar refractivity (Wildman–Crippen MR) is 114 cm³/mol. The van der Waals surface area contributed by atoms with Crippen LogP contribution in [0.4, 0.5) is 0 Å². The zero-order chi connectivity index (χ0) is 20.3. The Morgan fingerprint density at radius 2 is 2.07 bits per heavy atom. The minimum atomic E-state index is -1.44. The van der Waals surface area contributed by atoms with Crippen molar-refractivity contribution in [3.8, 4) is 5.75 Å². The van der Waals surface area contributed by atoms with Crippen molar-refractivity contribution in [3.63, 3.8) is 0 Å². The number of nitrogens with one attached hydrogen (secondary N) is 1. The van der Waals surface area contributed by atoms with Crippen LogP contribution >= 0.6 is 11.6 Å². The summed E-state index contributed by atoms with van der Waals surface area (Å²) in [5, 5.41) is 1.13. The quantitative estimate of drug-likeness (QED) is 0.635. The van der Waals surface area contributed by atoms with E-state index in [9.17, 15) is 9.00 Å². The van der Waals surface area contributed by atoms with Crippen LogP contribution in [0.1, 0.15) is 32.0 Å². The van der Waals surface area contributed by atoms with E-state index >= 15 is 0 Å². The van der Waals surface area contributed by atoms with E-state index in [-0.39, 0.29) is 12.2 Å². The van der Waals surface area contributed by atoms with Gasteiger partial charge in [0, 0.05) is 17.6 Å². The van der Waals surface area contributed by atoms with Gasteiger partial charge in [-0.15, -0.1) is 0 Å². The number of hydrogen-bond acceptors (Lipinski definition) is 4. The lowest BCUT2D eigenvalue weighted by molar-refractivity contribution is 0.302. The second-order valence-electron chi connectivity index (χ2n) is 7.13. The zero-order valence-electron chi connectivity index (χ0n) is 15.7. The average Bonchev–Trinajstić information content (AvgIpc) is 2.65. The number of benzene rings is 1. The molecule has 0 aliphatic rings. The van der Waals surface area contributed by atoms with Crippen LogP contribution in [-0.4, -0.2) is 25.1 Å². The van der Waals surface area contributed by atoms with Crippen molar-refractivity contribution in [2.45, 2.75) is 32.1 Å². The number of hydrogen-bond donors (Lipinski definition) is 1. The number of fused-ring (bicyclic) bond motifs is 1. The lowest BCUT2D eigenvalue weighted by Crippen LogP contribution is -2.20. The minimum Gasteiger partial charge on any atom is -0.486 e. The molecule has 2 heterocycles. The van der Waals surface area contributed by atoms with Gasteiger partial charge in [-0.3, -0.25) is 9.78 Å². The molecule has 3 aromatic rings. The molecule has 0 spiro atoms. The van der Waals surface area contributed by atoms with Crippen molar-refractivity contribution in [2.24, 2.45) is 4.40 Å². The van der Waals surface area contributed by atoms with Crippen LogP contribution in [0.3, 0.4) is 0 Å². The Kier molecular flexibility index (Phi) is 5.96. The maximum absolute atomic E-state index is 12.3. The number of aromatic amines is 1. The molecule has 28 heavy (non-hydrogen) atoms. The summed E-state index contributed by atoms with van der Waals surface area (Å²) in [7, 11) is -1.44. The topological polar surface area (TPSA) is 84.4 Å². The van der Waals surface area contributed by atoms with E-state index in [1.165, 1.54) is 6.21 Å². The molecule has 0 saturated heterocycles. The Morgan fingerprint density at radius 3 is 2.75 bits per heavy atom. The summed E-state index contributed by atoms with van der Waals surface area (Å²) in [5.74, 6) is 0.450. The molecule has 0 aliphatic heterocycles. The first kappa shape index (κ1) is 20.2. The molecule has 0 bridgehead atoms. The predicted octanol–water partition coefficient (Wildman–Crippen LogP) is 4.04. The Labute approximate surface area is 170 Å². The van der Waals surface area contributed by atoms with Gasteiger partial charge in [0.1, 0.15) is 23.3 Å². The van der Waals surface area contributed by atoms with Crippen LogP contribution in [0.2, 0.25) is 5.02 Å². The van der Waals surface area contributed by atoms with Gasteiger partial charge in [0.25, 0.3) is 5.56 Å². The van der Waals surface area contributed by atoms with E-state index in [0.717, 1.165) is 11.1 Å². The van der Waals surface area contributed by atoms with Gasteiger partial charge in [0.05, 0.1) is 32.8 Å². The second kappa shape index (κ2) is 8.24. The highest BCUT2D eigenvalue weighted by molar-refractivity contribution is 7.85. The SMILES string of the molecule is CC(C)(C)S(=O)/N=C/c1cc2cc(Cl)c(OCc3ccccn3)cc2[nH]c1=O. The van der Waals surface area contributed by atoms with Gasteiger partial charge in [-0.1, -0.05) is 17.7 Å². The molecule has 8 heteroatoms. The van der Waals surface area contributed by atoms with E-state index in [4.69, 9.17) is 16.3 Å². The monoisotopic (exact) mass is 417 g/mol. The van der Waals surface area contributed by atoms with Crippen molar-refractivity contribution in [1.82, 2.24) is 9.97 Å². The average molecular weight is 418 g/mol. The fourth-order valence-electron chi connectivity index (χ4n) is 2.33. The summed E-state index contributed by atoms with van der Waals surface area (Å²) in [4.78, 5) is 19.3. The van der Waals surface area contributed by atoms with Gasteiger partial charge in [-0.05, 0) is 45.0 Å². The van der Waals surface area contributed by atoms with Crippen molar-refractivity contribution < 1.29 is 8.95 Å². The largest absolute Gasteiger partial charge is 0.486 e. The number of nitrogens with zero attached hydrogens (tertiary/aromatic N) is 2. The van der Waals surface area contributed by atoms with Gasteiger partial charge >= 0.3 is 0 Å². The number of aromatic nitrogens is 2. The van der Waals surface area contributed by atoms with Crippen LogP contribution < -0.4 is 10.3 Å². The third-order valence-electron chi connectivity index (χ3n) is 3.84. The molecule has 0 fully saturated rings. The number of halogens is 1. The van der Waals surface area contributed by atoms with E-state index < -0.39 is 15.7 Å². The van der Waals surface area contributed by atoms with Crippen molar-refractivity contribution in [3.05, 3.63) is 69.2 Å². The van der Waals surface area contributed by atoms with Gasteiger partial charge in [0.2, 0.25) is 0 Å². The standard InChI is InChI=1S/C20H20ClN3O3S/c1-20(2,3)28(26)23-11-14-8-13-9-16(21)18(10-17(13)24-19(14)25)27-12-15-6-4-5-7-22-15/h4-11H,12H2,1-3H3,(H,24,25)/b23-11+. The van der Waals surface area contributed by atoms with Crippen molar-refractivity contribution >= 4 is 39.7 Å². The first-order valence-electron chi connectivity index (χ1n) is 8.59. The molecule has 1 aromatic carbocycles. The molecule has 1 atom stereocenters. The van der Waals surface area contributed by atoms with Crippen LogP contribution in [0, 0.1) is 0 Å². The maximum Gasteiger partial charge on any atom is 0.257 e. The second-order valence-corrected chi connectivity index (χ2v) is 9.47. The highest BCUT2D eigenvalue weighted by Gasteiger charge is 2.18. The molecule has 1 unspecified atom stereocenters. The van der Waals surface area contributed by atoms with Crippen molar-refractivity contribution in [1.29, 1.82) is 0 Å². The van der Waals surface area contributed by atoms with E-state index in [2.05, 4.69) is 14.4 Å². The summed E-state index contributed by atoms with van der Waals surface area (Å²) in [6.45, 7) is 5.71. The molecule has 146 valence electrons. The van der Waals surface area contributed by atoms with E-state index in [1.807, 2.05) is 39.0 Å². The number of H-pyrrole nitrogens is 1.